The Bertz CT molecular complexity index is 639. The lowest BCUT2D eigenvalue weighted by atomic mass is 10.1. The number of amides is 1. The summed E-state index contributed by atoms with van der Waals surface area (Å²) < 4.78 is 10.3. The molecule has 0 saturated carbocycles. The van der Waals surface area contributed by atoms with E-state index in [0.29, 0.717) is 13.1 Å². The van der Waals surface area contributed by atoms with E-state index in [-0.39, 0.29) is 5.91 Å². The van der Waals surface area contributed by atoms with Gasteiger partial charge < -0.3 is 20.1 Å². The van der Waals surface area contributed by atoms with Crippen LogP contribution in [0.5, 0.6) is 11.5 Å². The zero-order chi connectivity index (χ0) is 17.9. The van der Waals surface area contributed by atoms with Crippen LogP contribution in [0.25, 0.3) is 0 Å². The molecule has 2 aromatic carbocycles. The van der Waals surface area contributed by atoms with Crippen LogP contribution in [0.2, 0.25) is 0 Å². The van der Waals surface area contributed by atoms with E-state index in [4.69, 9.17) is 9.47 Å². The molecule has 0 aliphatic carbocycles. The second kappa shape index (κ2) is 10.4. The van der Waals surface area contributed by atoms with Crippen LogP contribution in [-0.4, -0.2) is 39.8 Å². The highest BCUT2D eigenvalue weighted by Gasteiger charge is 2.01. The fourth-order valence-corrected chi connectivity index (χ4v) is 2.43. The lowest BCUT2D eigenvalue weighted by molar-refractivity contribution is -0.120. The van der Waals surface area contributed by atoms with E-state index in [1.165, 1.54) is 11.1 Å². The Kier molecular flexibility index (Phi) is 7.79. The van der Waals surface area contributed by atoms with Gasteiger partial charge in [-0.1, -0.05) is 24.3 Å². The van der Waals surface area contributed by atoms with Crippen molar-refractivity contribution in [1.29, 1.82) is 0 Å². The molecule has 2 rings (SSSR count). The lowest BCUT2D eigenvalue weighted by Gasteiger charge is -2.08. The maximum Gasteiger partial charge on any atom is 0.233 e. The van der Waals surface area contributed by atoms with Gasteiger partial charge in [0.05, 0.1) is 20.8 Å². The minimum absolute atomic E-state index is 0.0169. The van der Waals surface area contributed by atoms with Gasteiger partial charge in [-0.15, -0.1) is 0 Å². The van der Waals surface area contributed by atoms with Crippen LogP contribution in [0.3, 0.4) is 0 Å². The summed E-state index contributed by atoms with van der Waals surface area (Å²) in [6.07, 6.45) is 1.69. The van der Waals surface area contributed by atoms with Gasteiger partial charge in [0.25, 0.3) is 0 Å². The predicted molar refractivity (Wildman–Crippen MR) is 99.3 cm³/mol. The Balaban J connectivity index is 1.57. The molecular formula is C20H26N2O3. The molecule has 0 radical (unpaired) electrons. The molecule has 0 saturated heterocycles. The fraction of sp³-hybridized carbons (Fsp3) is 0.350. The van der Waals surface area contributed by atoms with Gasteiger partial charge in [-0.05, 0) is 54.8 Å². The number of methoxy groups -OCH3 is 2. The number of ether oxygens (including phenoxy) is 2. The van der Waals surface area contributed by atoms with Crippen LogP contribution in [-0.2, 0) is 17.6 Å². The molecule has 5 nitrogen and oxygen atoms in total. The average Bonchev–Trinajstić information content (AvgIpc) is 2.66. The molecule has 134 valence electrons. The summed E-state index contributed by atoms with van der Waals surface area (Å²) in [6.45, 7) is 1.72. The van der Waals surface area contributed by atoms with Crippen molar-refractivity contribution >= 4 is 5.91 Å². The van der Waals surface area contributed by atoms with Crippen molar-refractivity contribution in [1.82, 2.24) is 10.6 Å². The maximum absolute atomic E-state index is 11.8. The normalized spacial score (nSPS) is 10.3. The number of rotatable bonds is 10. The van der Waals surface area contributed by atoms with E-state index in [9.17, 15) is 4.79 Å². The number of hydrogen-bond acceptors (Lipinski definition) is 4. The van der Waals surface area contributed by atoms with Crippen LogP contribution >= 0.6 is 0 Å². The number of carbonyl (C=O) groups is 1. The molecule has 0 spiro atoms. The Morgan fingerprint density at radius 2 is 1.28 bits per heavy atom. The molecule has 1 amide bonds. The van der Waals surface area contributed by atoms with Gasteiger partial charge in [-0.2, -0.15) is 0 Å². The van der Waals surface area contributed by atoms with Gasteiger partial charge in [0.1, 0.15) is 11.5 Å². The second-order valence-corrected chi connectivity index (χ2v) is 5.72. The van der Waals surface area contributed by atoms with Crippen molar-refractivity contribution < 1.29 is 14.3 Å². The van der Waals surface area contributed by atoms with Crippen molar-refractivity contribution in [3.8, 4) is 11.5 Å². The van der Waals surface area contributed by atoms with Gasteiger partial charge in [0.2, 0.25) is 5.91 Å². The van der Waals surface area contributed by atoms with Gasteiger partial charge in [0, 0.05) is 6.54 Å². The van der Waals surface area contributed by atoms with E-state index in [2.05, 4.69) is 10.6 Å². The third-order valence-corrected chi connectivity index (χ3v) is 3.93. The summed E-state index contributed by atoms with van der Waals surface area (Å²) in [5, 5.41) is 6.09. The standard InChI is InChI=1S/C20H26N2O3/c1-24-18-7-3-16(4-8-18)11-13-21-15-20(23)22-14-12-17-5-9-19(25-2)10-6-17/h3-10,21H,11-15H2,1-2H3,(H,22,23). The third kappa shape index (κ3) is 6.85. The predicted octanol–water partition coefficient (Wildman–Crippen LogP) is 2.19. The van der Waals surface area contributed by atoms with Crippen LogP contribution in [0.15, 0.2) is 48.5 Å². The van der Waals surface area contributed by atoms with E-state index >= 15 is 0 Å². The first kappa shape index (κ1) is 18.8. The zero-order valence-electron chi connectivity index (χ0n) is 14.9. The van der Waals surface area contributed by atoms with Crippen molar-refractivity contribution in [3.63, 3.8) is 0 Å². The Hall–Kier alpha value is -2.53. The molecule has 0 aliphatic heterocycles. The number of hydrogen-bond donors (Lipinski definition) is 2. The lowest BCUT2D eigenvalue weighted by Crippen LogP contribution is -2.35. The average molecular weight is 342 g/mol. The Labute approximate surface area is 149 Å². The zero-order valence-corrected chi connectivity index (χ0v) is 14.9. The summed E-state index contributed by atoms with van der Waals surface area (Å²) >= 11 is 0. The van der Waals surface area contributed by atoms with Gasteiger partial charge in [-0.25, -0.2) is 0 Å². The van der Waals surface area contributed by atoms with Crippen molar-refractivity contribution in [2.75, 3.05) is 33.9 Å². The first-order valence-electron chi connectivity index (χ1n) is 8.44. The molecule has 2 aromatic rings. The molecule has 0 aliphatic rings. The van der Waals surface area contributed by atoms with Crippen LogP contribution in [0.1, 0.15) is 11.1 Å². The van der Waals surface area contributed by atoms with Crippen molar-refractivity contribution in [3.05, 3.63) is 59.7 Å². The second-order valence-electron chi connectivity index (χ2n) is 5.72. The summed E-state index contributed by atoms with van der Waals surface area (Å²) in [6, 6.07) is 15.8. The summed E-state index contributed by atoms with van der Waals surface area (Å²) in [4.78, 5) is 11.8. The molecule has 0 fully saturated rings. The van der Waals surface area contributed by atoms with Gasteiger partial charge >= 0.3 is 0 Å². The molecule has 5 heteroatoms. The third-order valence-electron chi connectivity index (χ3n) is 3.93. The van der Waals surface area contributed by atoms with E-state index in [1.807, 2.05) is 48.5 Å². The summed E-state index contributed by atoms with van der Waals surface area (Å²) in [5.74, 6) is 1.71. The molecule has 0 unspecified atom stereocenters. The molecule has 25 heavy (non-hydrogen) atoms. The van der Waals surface area contributed by atoms with Crippen LogP contribution in [0.4, 0.5) is 0 Å². The minimum atomic E-state index is 0.0169. The van der Waals surface area contributed by atoms with Gasteiger partial charge in [-0.3, -0.25) is 4.79 Å². The number of nitrogens with one attached hydrogen (secondary N) is 2. The summed E-state index contributed by atoms with van der Waals surface area (Å²) in [5.41, 5.74) is 2.39. The van der Waals surface area contributed by atoms with Gasteiger partial charge in [0.15, 0.2) is 0 Å². The molecule has 0 aromatic heterocycles. The highest BCUT2D eigenvalue weighted by Crippen LogP contribution is 2.12. The molecule has 0 bridgehead atoms. The molecule has 0 atom stereocenters. The maximum atomic E-state index is 11.8. The van der Waals surface area contributed by atoms with Crippen molar-refractivity contribution in [2.24, 2.45) is 0 Å². The highest BCUT2D eigenvalue weighted by molar-refractivity contribution is 5.77. The Morgan fingerprint density at radius 3 is 1.76 bits per heavy atom. The van der Waals surface area contributed by atoms with Crippen molar-refractivity contribution in [2.45, 2.75) is 12.8 Å². The van der Waals surface area contributed by atoms with E-state index in [1.54, 1.807) is 14.2 Å². The number of carbonyl (C=O) groups excluding carboxylic acids is 1. The largest absolute Gasteiger partial charge is 0.497 e. The number of benzene rings is 2. The highest BCUT2D eigenvalue weighted by atomic mass is 16.5. The van der Waals surface area contributed by atoms with Crippen LogP contribution < -0.4 is 20.1 Å². The quantitative estimate of drug-likeness (QED) is 0.650. The first-order valence-corrected chi connectivity index (χ1v) is 8.44. The van der Waals surface area contributed by atoms with Crippen LogP contribution in [0, 0.1) is 0 Å². The molecule has 0 heterocycles. The Morgan fingerprint density at radius 1 is 0.800 bits per heavy atom. The minimum Gasteiger partial charge on any atom is -0.497 e. The smallest absolute Gasteiger partial charge is 0.233 e. The molecular weight excluding hydrogens is 316 g/mol. The monoisotopic (exact) mass is 342 g/mol. The van der Waals surface area contributed by atoms with E-state index in [0.717, 1.165) is 30.9 Å². The topological polar surface area (TPSA) is 59.6 Å². The fourth-order valence-electron chi connectivity index (χ4n) is 2.43. The SMILES string of the molecule is COc1ccc(CCNCC(=O)NCCc2ccc(OC)cc2)cc1. The van der Waals surface area contributed by atoms with E-state index < -0.39 is 0 Å². The summed E-state index contributed by atoms with van der Waals surface area (Å²) in [7, 11) is 3.31. The first-order chi connectivity index (χ1) is 12.2. The molecule has 2 N–H and O–H groups in total.